The number of fused-ring (bicyclic) bond motifs is 1. The number of alkyl halides is 3. The van der Waals surface area contributed by atoms with Gasteiger partial charge in [0.1, 0.15) is 21.7 Å². The Bertz CT molecular complexity index is 1420. The highest BCUT2D eigenvalue weighted by molar-refractivity contribution is 7.89. The normalized spacial score (nSPS) is 22.7. The van der Waals surface area contributed by atoms with E-state index in [0.717, 1.165) is 0 Å². The summed E-state index contributed by atoms with van der Waals surface area (Å²) in [5.74, 6) is -0.783. The predicted molar refractivity (Wildman–Crippen MR) is 116 cm³/mol. The summed E-state index contributed by atoms with van der Waals surface area (Å²) in [5.41, 5.74) is -2.15. The molecule has 184 valence electrons. The summed E-state index contributed by atoms with van der Waals surface area (Å²) in [6, 6.07) is 8.22. The average molecular weight is 508 g/mol. The van der Waals surface area contributed by atoms with Crippen LogP contribution in [-0.4, -0.2) is 37.4 Å². The SMILES string of the molecule is O=C1NC(=O)C2(CCC(CNS(=O)(=O)c3cc(C(F)(F)F)cnc3-c3cc4ccccc4o3)C2)N1. The summed E-state index contributed by atoms with van der Waals surface area (Å²) in [6.07, 6.45) is -3.29. The number of carbonyl (C=O) groups is 2. The fraction of sp³-hybridized carbons (Fsp3) is 0.318. The van der Waals surface area contributed by atoms with Gasteiger partial charge in [-0.15, -0.1) is 0 Å². The molecule has 0 bridgehead atoms. The second-order valence-electron chi connectivity index (χ2n) is 8.67. The molecule has 2 atom stereocenters. The van der Waals surface area contributed by atoms with E-state index >= 15 is 0 Å². The van der Waals surface area contributed by atoms with E-state index in [1.807, 2.05) is 0 Å². The van der Waals surface area contributed by atoms with Gasteiger partial charge in [0.15, 0.2) is 5.76 Å². The standard InChI is InChI=1S/C22H19F3N4O5S/c23-22(24,25)14-8-17(18(26-11-14)16-7-13-3-1-2-4-15(13)34-16)35(32,33)27-10-12-5-6-21(9-12)19(30)28-20(31)29-21/h1-4,7-8,11-12,27H,5-6,9-10H2,(H2,28,29,30,31). The molecule has 1 aliphatic carbocycles. The number of nitrogens with one attached hydrogen (secondary N) is 3. The monoisotopic (exact) mass is 508 g/mol. The minimum atomic E-state index is -4.81. The number of rotatable bonds is 5. The fourth-order valence-corrected chi connectivity index (χ4v) is 5.86. The number of sulfonamides is 1. The average Bonchev–Trinajstić information content (AvgIpc) is 3.48. The van der Waals surface area contributed by atoms with Crippen LogP contribution in [-0.2, 0) is 21.0 Å². The van der Waals surface area contributed by atoms with E-state index < -0.39 is 44.1 Å². The van der Waals surface area contributed by atoms with Crippen molar-refractivity contribution in [1.82, 2.24) is 20.3 Å². The Morgan fingerprint density at radius 1 is 1.20 bits per heavy atom. The van der Waals surface area contributed by atoms with Crippen molar-refractivity contribution in [2.45, 2.75) is 35.9 Å². The van der Waals surface area contributed by atoms with Crippen molar-refractivity contribution in [3.8, 4) is 11.5 Å². The number of hydrogen-bond acceptors (Lipinski definition) is 6. The van der Waals surface area contributed by atoms with Crippen molar-refractivity contribution < 1.29 is 35.6 Å². The maximum Gasteiger partial charge on any atom is 0.417 e. The Hall–Kier alpha value is -3.45. The van der Waals surface area contributed by atoms with Gasteiger partial charge in [-0.3, -0.25) is 15.1 Å². The number of para-hydroxylation sites is 1. The molecule has 2 aliphatic rings. The molecule has 5 rings (SSSR count). The molecular weight excluding hydrogens is 489 g/mol. The van der Waals surface area contributed by atoms with E-state index in [9.17, 15) is 31.2 Å². The second kappa shape index (κ2) is 8.05. The quantitative estimate of drug-likeness (QED) is 0.454. The van der Waals surface area contributed by atoms with Gasteiger partial charge in [0.05, 0.1) is 5.56 Å². The molecular formula is C22H19F3N4O5S. The van der Waals surface area contributed by atoms with E-state index in [0.29, 0.717) is 36.1 Å². The Kier molecular flexibility index (Phi) is 5.36. The molecule has 1 spiro atoms. The molecule has 2 unspecified atom stereocenters. The van der Waals surface area contributed by atoms with Gasteiger partial charge in [-0.2, -0.15) is 13.2 Å². The van der Waals surface area contributed by atoms with E-state index in [1.54, 1.807) is 24.3 Å². The molecule has 13 heteroatoms. The molecule has 1 aliphatic heterocycles. The minimum Gasteiger partial charge on any atom is -0.454 e. The minimum absolute atomic E-state index is 0.00505. The Morgan fingerprint density at radius 2 is 1.97 bits per heavy atom. The first kappa shape index (κ1) is 23.3. The van der Waals surface area contributed by atoms with Crippen LogP contribution in [0.1, 0.15) is 24.8 Å². The van der Waals surface area contributed by atoms with Gasteiger partial charge in [-0.25, -0.2) is 17.9 Å². The van der Waals surface area contributed by atoms with Gasteiger partial charge in [0.2, 0.25) is 10.0 Å². The summed E-state index contributed by atoms with van der Waals surface area (Å²) in [5, 5.41) is 5.39. The maximum absolute atomic E-state index is 13.4. The van der Waals surface area contributed by atoms with Crippen LogP contribution in [0.4, 0.5) is 18.0 Å². The van der Waals surface area contributed by atoms with Gasteiger partial charge < -0.3 is 9.73 Å². The Balaban J connectivity index is 1.45. The summed E-state index contributed by atoms with van der Waals surface area (Å²) in [7, 11) is -4.47. The Labute approximate surface area is 197 Å². The number of benzene rings is 1. The van der Waals surface area contributed by atoms with Crippen LogP contribution in [0.15, 0.2) is 51.9 Å². The van der Waals surface area contributed by atoms with Crippen molar-refractivity contribution in [3.63, 3.8) is 0 Å². The van der Waals surface area contributed by atoms with Crippen molar-refractivity contribution in [3.05, 3.63) is 48.2 Å². The van der Waals surface area contributed by atoms with Crippen LogP contribution in [0.25, 0.3) is 22.4 Å². The number of halogens is 3. The van der Waals surface area contributed by atoms with Crippen LogP contribution >= 0.6 is 0 Å². The lowest BCUT2D eigenvalue weighted by Crippen LogP contribution is -2.44. The van der Waals surface area contributed by atoms with E-state index in [-0.39, 0.29) is 30.3 Å². The number of amides is 3. The number of aromatic nitrogens is 1. The highest BCUT2D eigenvalue weighted by atomic mass is 32.2. The zero-order valence-electron chi connectivity index (χ0n) is 18.0. The molecule has 3 N–H and O–H groups in total. The zero-order valence-corrected chi connectivity index (χ0v) is 18.8. The third kappa shape index (κ3) is 4.25. The highest BCUT2D eigenvalue weighted by Crippen LogP contribution is 2.38. The first-order valence-corrected chi connectivity index (χ1v) is 12.1. The largest absolute Gasteiger partial charge is 0.454 e. The molecule has 1 saturated carbocycles. The Morgan fingerprint density at radius 3 is 2.66 bits per heavy atom. The lowest BCUT2D eigenvalue weighted by atomic mass is 9.96. The predicted octanol–water partition coefficient (Wildman–Crippen LogP) is 3.17. The topological polar surface area (TPSA) is 130 Å². The summed E-state index contributed by atoms with van der Waals surface area (Å²) < 4.78 is 74.5. The third-order valence-corrected chi connectivity index (χ3v) is 7.76. The van der Waals surface area contributed by atoms with Crippen LogP contribution in [0.2, 0.25) is 0 Å². The number of pyridine rings is 1. The fourth-order valence-electron chi connectivity index (χ4n) is 4.56. The van der Waals surface area contributed by atoms with Crippen molar-refractivity contribution in [1.29, 1.82) is 0 Å². The molecule has 1 saturated heterocycles. The van der Waals surface area contributed by atoms with Crippen molar-refractivity contribution in [2.75, 3.05) is 6.54 Å². The highest BCUT2D eigenvalue weighted by Gasteiger charge is 2.51. The number of urea groups is 1. The van der Waals surface area contributed by atoms with E-state index in [4.69, 9.17) is 4.42 Å². The van der Waals surface area contributed by atoms with Crippen molar-refractivity contribution in [2.24, 2.45) is 5.92 Å². The van der Waals surface area contributed by atoms with Gasteiger partial charge in [-0.05, 0) is 43.4 Å². The zero-order chi connectivity index (χ0) is 25.0. The number of hydrogen-bond donors (Lipinski definition) is 3. The van der Waals surface area contributed by atoms with Gasteiger partial charge in [-0.1, -0.05) is 18.2 Å². The smallest absolute Gasteiger partial charge is 0.417 e. The first-order valence-electron chi connectivity index (χ1n) is 10.7. The summed E-state index contributed by atoms with van der Waals surface area (Å²) in [4.78, 5) is 26.8. The van der Waals surface area contributed by atoms with Crippen LogP contribution in [0.3, 0.4) is 0 Å². The third-order valence-electron chi connectivity index (χ3n) is 6.32. The number of carbonyl (C=O) groups excluding carboxylic acids is 2. The summed E-state index contributed by atoms with van der Waals surface area (Å²) in [6.45, 7) is -0.136. The van der Waals surface area contributed by atoms with E-state index in [1.165, 1.54) is 6.07 Å². The van der Waals surface area contributed by atoms with Crippen LogP contribution in [0.5, 0.6) is 0 Å². The molecule has 35 heavy (non-hydrogen) atoms. The summed E-state index contributed by atoms with van der Waals surface area (Å²) >= 11 is 0. The van der Waals surface area contributed by atoms with Crippen LogP contribution in [0, 0.1) is 5.92 Å². The number of furan rings is 1. The molecule has 2 fully saturated rings. The molecule has 3 aromatic rings. The second-order valence-corrected chi connectivity index (χ2v) is 10.4. The van der Waals surface area contributed by atoms with Crippen LogP contribution < -0.4 is 15.4 Å². The number of nitrogens with zero attached hydrogens (tertiary/aromatic N) is 1. The van der Waals surface area contributed by atoms with E-state index in [2.05, 4.69) is 20.3 Å². The maximum atomic E-state index is 13.4. The van der Waals surface area contributed by atoms with Gasteiger partial charge in [0, 0.05) is 18.1 Å². The molecule has 9 nitrogen and oxygen atoms in total. The molecule has 0 radical (unpaired) electrons. The lowest BCUT2D eigenvalue weighted by Gasteiger charge is -2.20. The lowest BCUT2D eigenvalue weighted by molar-refractivity contribution is -0.138. The van der Waals surface area contributed by atoms with Gasteiger partial charge >= 0.3 is 12.2 Å². The number of imide groups is 1. The molecule has 3 amide bonds. The first-order chi connectivity index (χ1) is 16.5. The molecule has 3 heterocycles. The molecule has 2 aromatic heterocycles. The molecule has 1 aromatic carbocycles. The van der Waals surface area contributed by atoms with Gasteiger partial charge in [0.25, 0.3) is 5.91 Å². The van der Waals surface area contributed by atoms with Crippen molar-refractivity contribution >= 4 is 32.9 Å².